The number of nitrogens with zero attached hydrogens (tertiary/aromatic N) is 8. The zero-order valence-electron chi connectivity index (χ0n) is 19.1. The van der Waals surface area contributed by atoms with Gasteiger partial charge >= 0.3 is 0 Å². The number of nitrogens with one attached hydrogen (secondary N) is 1. The third-order valence-electron chi connectivity index (χ3n) is 6.31. The SMILES string of the molecule is C[C@@H]1C[C@@H](c2ncc(-c3ccc(N)nc3F)[nH]2)n2c1nc(-c1c(-n3cnnn3)ccc(Cl)c1F)cc2=O. The highest BCUT2D eigenvalue weighted by atomic mass is 35.5. The first-order chi connectivity index (χ1) is 17.8. The molecule has 2 atom stereocenters. The van der Waals surface area contributed by atoms with Gasteiger partial charge in [-0.1, -0.05) is 18.5 Å². The molecule has 1 aliphatic rings. The van der Waals surface area contributed by atoms with Crippen molar-refractivity contribution in [3.8, 4) is 28.2 Å². The van der Waals surface area contributed by atoms with E-state index in [-0.39, 0.29) is 39.3 Å². The Morgan fingerprint density at radius 1 is 1.19 bits per heavy atom. The number of nitrogen functional groups attached to an aromatic ring is 1. The standard InChI is InChI=1S/C23H17ClF2N10O/c1-10-6-16(22-28-8-14(30-22)11-2-5-17(27)32-21(11)26)36-18(37)7-13(31-23(10)36)19-15(35-9-29-33-34-35)4-3-12(24)20(19)25/h2-5,7-10,16H,6H2,1H3,(H2,27,32)(H,28,30)/t10-,16+/m1/s1. The van der Waals surface area contributed by atoms with Crippen molar-refractivity contribution in [2.75, 3.05) is 5.73 Å². The van der Waals surface area contributed by atoms with Crippen LogP contribution in [0.1, 0.15) is 37.0 Å². The topological polar surface area (TPSA) is 146 Å². The summed E-state index contributed by atoms with van der Waals surface area (Å²) in [5, 5.41) is 10.9. The minimum absolute atomic E-state index is 0.00237. The Hall–Kier alpha value is -4.52. The van der Waals surface area contributed by atoms with Gasteiger partial charge in [-0.15, -0.1) is 5.10 Å². The third-order valence-corrected chi connectivity index (χ3v) is 6.60. The fraction of sp³-hybridized carbons (Fsp3) is 0.174. The summed E-state index contributed by atoms with van der Waals surface area (Å²) in [6.45, 7) is 1.91. The number of nitrogens with two attached hydrogens (primary N) is 1. The predicted molar refractivity (Wildman–Crippen MR) is 129 cm³/mol. The quantitative estimate of drug-likeness (QED) is 0.342. The van der Waals surface area contributed by atoms with E-state index in [1.807, 2.05) is 6.92 Å². The summed E-state index contributed by atoms with van der Waals surface area (Å²) < 4.78 is 32.4. The van der Waals surface area contributed by atoms with Crippen LogP contribution in [0.3, 0.4) is 0 Å². The maximum absolute atomic E-state index is 15.3. The number of H-pyrrole nitrogens is 1. The lowest BCUT2D eigenvalue weighted by Crippen LogP contribution is -2.25. The molecule has 0 bridgehead atoms. The number of aromatic nitrogens is 9. The zero-order chi connectivity index (χ0) is 25.8. The van der Waals surface area contributed by atoms with Crippen LogP contribution in [-0.2, 0) is 0 Å². The van der Waals surface area contributed by atoms with Crippen LogP contribution in [0.15, 0.2) is 47.7 Å². The van der Waals surface area contributed by atoms with Crippen LogP contribution >= 0.6 is 11.6 Å². The van der Waals surface area contributed by atoms with Crippen molar-refractivity contribution in [2.45, 2.75) is 25.3 Å². The fourth-order valence-electron chi connectivity index (χ4n) is 4.62. The molecular weight excluding hydrogens is 506 g/mol. The largest absolute Gasteiger partial charge is 0.384 e. The second-order valence-corrected chi connectivity index (χ2v) is 9.03. The number of tetrazole rings is 1. The maximum Gasteiger partial charge on any atom is 0.254 e. The first-order valence-corrected chi connectivity index (χ1v) is 11.5. The molecule has 5 heterocycles. The van der Waals surface area contributed by atoms with Gasteiger partial charge in [0, 0.05) is 12.0 Å². The Morgan fingerprint density at radius 2 is 2.03 bits per heavy atom. The highest BCUT2D eigenvalue weighted by Crippen LogP contribution is 2.39. The molecule has 0 saturated heterocycles. The van der Waals surface area contributed by atoms with Crippen LogP contribution in [0.4, 0.5) is 14.6 Å². The number of halogens is 3. The molecule has 5 aromatic rings. The summed E-state index contributed by atoms with van der Waals surface area (Å²) >= 11 is 6.06. The molecule has 37 heavy (non-hydrogen) atoms. The molecule has 6 rings (SSSR count). The van der Waals surface area contributed by atoms with E-state index < -0.39 is 23.4 Å². The van der Waals surface area contributed by atoms with Crippen molar-refractivity contribution in [1.29, 1.82) is 0 Å². The van der Waals surface area contributed by atoms with Crippen molar-refractivity contribution in [1.82, 2.24) is 44.7 Å². The predicted octanol–water partition coefficient (Wildman–Crippen LogP) is 3.28. The number of hydrogen-bond donors (Lipinski definition) is 2. The van der Waals surface area contributed by atoms with Gasteiger partial charge in [-0.3, -0.25) is 9.36 Å². The summed E-state index contributed by atoms with van der Waals surface area (Å²) in [4.78, 5) is 29.2. The molecule has 186 valence electrons. The Kier molecular flexibility index (Phi) is 5.30. The van der Waals surface area contributed by atoms with Gasteiger partial charge in [0.25, 0.3) is 5.56 Å². The second-order valence-electron chi connectivity index (χ2n) is 8.63. The normalized spacial score (nSPS) is 16.8. The molecule has 3 N–H and O–H groups in total. The van der Waals surface area contributed by atoms with Gasteiger partial charge in [0.15, 0.2) is 5.82 Å². The summed E-state index contributed by atoms with van der Waals surface area (Å²) in [7, 11) is 0. The van der Waals surface area contributed by atoms with E-state index in [0.29, 0.717) is 23.8 Å². The van der Waals surface area contributed by atoms with E-state index in [1.165, 1.54) is 46.0 Å². The molecule has 1 aromatic carbocycles. The zero-order valence-corrected chi connectivity index (χ0v) is 19.9. The summed E-state index contributed by atoms with van der Waals surface area (Å²) in [5.41, 5.74) is 6.11. The van der Waals surface area contributed by atoms with Gasteiger partial charge in [-0.05, 0) is 41.1 Å². The monoisotopic (exact) mass is 522 g/mol. The van der Waals surface area contributed by atoms with Crippen molar-refractivity contribution >= 4 is 17.4 Å². The Balaban J connectivity index is 1.44. The van der Waals surface area contributed by atoms with Gasteiger partial charge in [-0.25, -0.2) is 19.3 Å². The van der Waals surface area contributed by atoms with Crippen LogP contribution in [0.25, 0.3) is 28.2 Å². The molecular formula is C23H17ClF2N10O. The molecule has 0 amide bonds. The molecule has 0 spiro atoms. The minimum Gasteiger partial charge on any atom is -0.384 e. The van der Waals surface area contributed by atoms with Gasteiger partial charge in [0.1, 0.15) is 23.8 Å². The Labute approximate surface area is 212 Å². The summed E-state index contributed by atoms with van der Waals surface area (Å²) in [6.07, 6.45) is 3.28. The number of hydrogen-bond acceptors (Lipinski definition) is 8. The molecule has 1 aliphatic heterocycles. The van der Waals surface area contributed by atoms with E-state index >= 15 is 4.39 Å². The maximum atomic E-state index is 15.3. The number of fused-ring (bicyclic) bond motifs is 1. The average Bonchev–Trinajstić information content (AvgIpc) is 3.62. The third kappa shape index (κ3) is 3.74. The Bertz CT molecular complexity index is 1720. The number of benzene rings is 1. The van der Waals surface area contributed by atoms with Gasteiger partial charge < -0.3 is 10.7 Å². The summed E-state index contributed by atoms with van der Waals surface area (Å²) in [5.74, 6) is -0.679. The smallest absolute Gasteiger partial charge is 0.254 e. The van der Waals surface area contributed by atoms with Crippen molar-refractivity contribution < 1.29 is 8.78 Å². The highest BCUT2D eigenvalue weighted by Gasteiger charge is 2.34. The lowest BCUT2D eigenvalue weighted by molar-refractivity contribution is 0.555. The van der Waals surface area contributed by atoms with E-state index in [2.05, 4.69) is 35.5 Å². The molecule has 11 nitrogen and oxygen atoms in total. The van der Waals surface area contributed by atoms with E-state index in [4.69, 9.17) is 17.3 Å². The van der Waals surface area contributed by atoms with E-state index in [1.54, 1.807) is 6.07 Å². The highest BCUT2D eigenvalue weighted by molar-refractivity contribution is 6.31. The van der Waals surface area contributed by atoms with Crippen molar-refractivity contribution in [3.05, 3.63) is 81.6 Å². The molecule has 0 aliphatic carbocycles. The van der Waals surface area contributed by atoms with Crippen LogP contribution < -0.4 is 11.3 Å². The van der Waals surface area contributed by atoms with Gasteiger partial charge in [0.2, 0.25) is 5.95 Å². The van der Waals surface area contributed by atoms with Crippen molar-refractivity contribution in [3.63, 3.8) is 0 Å². The average molecular weight is 523 g/mol. The number of anilines is 1. The molecule has 0 radical (unpaired) electrons. The molecule has 0 unspecified atom stereocenters. The molecule has 4 aromatic heterocycles. The Morgan fingerprint density at radius 3 is 2.78 bits per heavy atom. The van der Waals surface area contributed by atoms with Crippen molar-refractivity contribution in [2.24, 2.45) is 0 Å². The fourth-order valence-corrected chi connectivity index (χ4v) is 4.77. The second kappa shape index (κ2) is 8.55. The lowest BCUT2D eigenvalue weighted by atomic mass is 10.1. The van der Waals surface area contributed by atoms with Crippen LogP contribution in [-0.4, -0.2) is 44.7 Å². The van der Waals surface area contributed by atoms with Crippen LogP contribution in [0, 0.1) is 11.8 Å². The first kappa shape index (κ1) is 22.9. The van der Waals surface area contributed by atoms with E-state index in [0.717, 1.165) is 0 Å². The van der Waals surface area contributed by atoms with Gasteiger partial charge in [-0.2, -0.15) is 9.07 Å². The first-order valence-electron chi connectivity index (χ1n) is 11.1. The molecule has 0 fully saturated rings. The van der Waals surface area contributed by atoms with Gasteiger partial charge in [0.05, 0.1) is 45.5 Å². The molecule has 0 saturated carbocycles. The molecule has 14 heteroatoms. The minimum atomic E-state index is -0.747. The number of aromatic amines is 1. The van der Waals surface area contributed by atoms with Crippen LogP contribution in [0.2, 0.25) is 5.02 Å². The number of imidazole rings is 1. The van der Waals surface area contributed by atoms with Crippen LogP contribution in [0.5, 0.6) is 0 Å². The van der Waals surface area contributed by atoms with E-state index in [9.17, 15) is 9.18 Å². The summed E-state index contributed by atoms with van der Waals surface area (Å²) in [6, 6.07) is 6.67. The number of rotatable bonds is 4. The lowest BCUT2D eigenvalue weighted by Gasteiger charge is -2.15. The number of pyridine rings is 1.